The summed E-state index contributed by atoms with van der Waals surface area (Å²) in [6.45, 7) is 4.96. The molecule has 2 bridgehead atoms. The first-order valence-electron chi connectivity index (χ1n) is 11.2. The SMILES string of the molecule is COCCCc1ccc2c(c1)c(C(=O)N[C@H]1CN3CCC1CC3)nn2CCOC.O=CO. The summed E-state index contributed by atoms with van der Waals surface area (Å²) < 4.78 is 12.3. The Hall–Kier alpha value is -2.49. The van der Waals surface area contributed by atoms with Crippen LogP contribution in [0.3, 0.4) is 0 Å². The molecule has 1 atom stereocenters. The Bertz CT molecular complexity index is 892. The van der Waals surface area contributed by atoms with Crippen LogP contribution in [0.5, 0.6) is 0 Å². The number of amides is 1. The lowest BCUT2D eigenvalue weighted by molar-refractivity contribution is -0.122. The third-order valence-electron chi connectivity index (χ3n) is 6.32. The van der Waals surface area contributed by atoms with Gasteiger partial charge in [-0.1, -0.05) is 6.07 Å². The Morgan fingerprint density at radius 1 is 1.25 bits per heavy atom. The molecule has 3 fully saturated rings. The molecular formula is C23H34N4O5. The van der Waals surface area contributed by atoms with Crippen molar-refractivity contribution in [2.45, 2.75) is 38.3 Å². The van der Waals surface area contributed by atoms with Gasteiger partial charge in [0.1, 0.15) is 0 Å². The second-order valence-corrected chi connectivity index (χ2v) is 8.34. The normalized spacial score (nSPS) is 21.8. The minimum Gasteiger partial charge on any atom is -0.483 e. The molecule has 3 aliphatic rings. The fourth-order valence-corrected chi connectivity index (χ4v) is 4.68. The molecule has 9 nitrogen and oxygen atoms in total. The number of hydrogen-bond donors (Lipinski definition) is 2. The summed E-state index contributed by atoms with van der Waals surface area (Å²) in [7, 11) is 3.40. The second kappa shape index (κ2) is 11.9. The third kappa shape index (κ3) is 5.85. The number of ether oxygens (including phenoxy) is 2. The number of piperidine rings is 3. The van der Waals surface area contributed by atoms with Gasteiger partial charge in [-0.2, -0.15) is 5.10 Å². The first-order valence-corrected chi connectivity index (χ1v) is 11.2. The van der Waals surface area contributed by atoms with Gasteiger partial charge in [-0.25, -0.2) is 0 Å². The van der Waals surface area contributed by atoms with E-state index in [0.29, 0.717) is 24.8 Å². The monoisotopic (exact) mass is 446 g/mol. The summed E-state index contributed by atoms with van der Waals surface area (Å²) >= 11 is 0. The van der Waals surface area contributed by atoms with Crippen molar-refractivity contribution in [3.05, 3.63) is 29.5 Å². The fraction of sp³-hybridized carbons (Fsp3) is 0.609. The summed E-state index contributed by atoms with van der Waals surface area (Å²) in [6.07, 6.45) is 4.24. The van der Waals surface area contributed by atoms with Crippen molar-refractivity contribution in [2.24, 2.45) is 5.92 Å². The lowest BCUT2D eigenvalue weighted by Gasteiger charge is -2.44. The van der Waals surface area contributed by atoms with Crippen LogP contribution in [0.25, 0.3) is 10.9 Å². The molecule has 9 heteroatoms. The predicted octanol–water partition coefficient (Wildman–Crippen LogP) is 1.79. The number of nitrogens with zero attached hydrogens (tertiary/aromatic N) is 3. The van der Waals surface area contributed by atoms with Gasteiger partial charge in [-0.05, 0) is 62.4 Å². The fourth-order valence-electron chi connectivity index (χ4n) is 4.68. The average Bonchev–Trinajstić information content (AvgIpc) is 3.17. The number of aryl methyl sites for hydroxylation is 1. The number of methoxy groups -OCH3 is 2. The Morgan fingerprint density at radius 3 is 2.59 bits per heavy atom. The highest BCUT2D eigenvalue weighted by atomic mass is 16.5. The molecule has 1 amide bonds. The Balaban J connectivity index is 0.000000913. The van der Waals surface area contributed by atoms with Crippen LogP contribution in [-0.2, 0) is 27.2 Å². The number of benzene rings is 1. The summed E-state index contributed by atoms with van der Waals surface area (Å²) in [5.74, 6) is 0.536. The van der Waals surface area contributed by atoms with Crippen molar-refractivity contribution in [1.29, 1.82) is 0 Å². The molecule has 3 aliphatic heterocycles. The van der Waals surface area contributed by atoms with Crippen LogP contribution in [0.15, 0.2) is 18.2 Å². The minimum atomic E-state index is -0.250. The number of aromatic nitrogens is 2. The van der Waals surface area contributed by atoms with Gasteiger partial charge in [0, 0.05) is 38.8 Å². The van der Waals surface area contributed by atoms with Gasteiger partial charge < -0.3 is 24.8 Å². The van der Waals surface area contributed by atoms with Gasteiger partial charge in [0.2, 0.25) is 0 Å². The Morgan fingerprint density at radius 2 is 1.97 bits per heavy atom. The molecule has 4 heterocycles. The van der Waals surface area contributed by atoms with Gasteiger partial charge in [-0.15, -0.1) is 0 Å². The van der Waals surface area contributed by atoms with Crippen molar-refractivity contribution < 1.29 is 24.2 Å². The van der Waals surface area contributed by atoms with Crippen molar-refractivity contribution >= 4 is 23.3 Å². The van der Waals surface area contributed by atoms with Gasteiger partial charge >= 0.3 is 0 Å². The predicted molar refractivity (Wildman–Crippen MR) is 121 cm³/mol. The van der Waals surface area contributed by atoms with Crippen LogP contribution in [0.2, 0.25) is 0 Å². The van der Waals surface area contributed by atoms with Crippen molar-refractivity contribution in [3.63, 3.8) is 0 Å². The third-order valence-corrected chi connectivity index (χ3v) is 6.32. The van der Waals surface area contributed by atoms with Gasteiger partial charge in [-0.3, -0.25) is 14.3 Å². The van der Waals surface area contributed by atoms with Crippen LogP contribution < -0.4 is 5.32 Å². The number of nitrogens with one attached hydrogen (secondary N) is 1. The summed E-state index contributed by atoms with van der Waals surface area (Å²) in [5.41, 5.74) is 2.72. The zero-order valence-electron chi connectivity index (χ0n) is 19.0. The molecule has 2 N–H and O–H groups in total. The van der Waals surface area contributed by atoms with Crippen molar-refractivity contribution in [2.75, 3.05) is 47.1 Å². The highest BCUT2D eigenvalue weighted by molar-refractivity contribution is 6.05. The van der Waals surface area contributed by atoms with E-state index in [1.807, 2.05) is 4.68 Å². The molecule has 32 heavy (non-hydrogen) atoms. The molecule has 0 radical (unpaired) electrons. The average molecular weight is 447 g/mol. The number of rotatable bonds is 9. The first kappa shape index (κ1) is 24.2. The highest BCUT2D eigenvalue weighted by Crippen LogP contribution is 2.28. The van der Waals surface area contributed by atoms with Crippen molar-refractivity contribution in [3.8, 4) is 0 Å². The smallest absolute Gasteiger partial charge is 0.290 e. The van der Waals surface area contributed by atoms with Crippen LogP contribution in [0.4, 0.5) is 0 Å². The number of carboxylic acid groups (broad SMARTS) is 1. The van der Waals surface area contributed by atoms with E-state index in [1.54, 1.807) is 14.2 Å². The number of fused-ring (bicyclic) bond motifs is 4. The number of carbonyl (C=O) groups excluding carboxylic acids is 1. The number of hydrogen-bond acceptors (Lipinski definition) is 6. The molecule has 2 aromatic rings. The minimum absolute atomic E-state index is 0.0565. The van der Waals surface area contributed by atoms with Gasteiger partial charge in [0.15, 0.2) is 5.69 Å². The lowest BCUT2D eigenvalue weighted by atomic mass is 9.84. The zero-order valence-corrected chi connectivity index (χ0v) is 19.0. The van der Waals surface area contributed by atoms with Crippen LogP contribution in [0, 0.1) is 5.92 Å². The Labute approximate surface area is 188 Å². The van der Waals surface area contributed by atoms with Crippen molar-refractivity contribution in [1.82, 2.24) is 20.0 Å². The maximum Gasteiger partial charge on any atom is 0.290 e. The maximum absolute atomic E-state index is 13.2. The first-order chi connectivity index (χ1) is 15.6. The maximum atomic E-state index is 13.2. The van der Waals surface area contributed by atoms with E-state index in [9.17, 15) is 4.79 Å². The largest absolute Gasteiger partial charge is 0.483 e. The second-order valence-electron chi connectivity index (χ2n) is 8.34. The Kier molecular flexibility index (Phi) is 9.01. The molecule has 0 aliphatic carbocycles. The lowest BCUT2D eigenvalue weighted by Crippen LogP contribution is -2.57. The van der Waals surface area contributed by atoms with E-state index < -0.39 is 0 Å². The molecule has 5 rings (SSSR count). The highest BCUT2D eigenvalue weighted by Gasteiger charge is 2.35. The van der Waals surface area contributed by atoms with E-state index in [-0.39, 0.29) is 18.4 Å². The molecule has 3 saturated heterocycles. The molecule has 0 unspecified atom stereocenters. The topological polar surface area (TPSA) is 106 Å². The van der Waals surface area contributed by atoms with Crippen LogP contribution in [0.1, 0.15) is 35.3 Å². The van der Waals surface area contributed by atoms with E-state index in [0.717, 1.165) is 50.0 Å². The molecular weight excluding hydrogens is 412 g/mol. The van der Waals surface area contributed by atoms with E-state index in [1.165, 1.54) is 18.4 Å². The standard InChI is InChI=1S/C22H32N4O3.CH2O2/c1-28-12-3-4-16-5-6-20-18(14-16)21(24-26(20)11-13-29-2)22(27)23-19-15-25-9-7-17(19)8-10-25;2-1-3/h5-6,14,17,19H,3-4,7-13,15H2,1-2H3,(H,23,27);1H,(H,2,3)/t19-;/m0./s1. The summed E-state index contributed by atoms with van der Waals surface area (Å²) in [6, 6.07) is 6.55. The summed E-state index contributed by atoms with van der Waals surface area (Å²) in [5, 5.41) is 15.8. The van der Waals surface area contributed by atoms with Gasteiger partial charge in [0.05, 0.1) is 18.7 Å². The van der Waals surface area contributed by atoms with Crippen LogP contribution in [-0.4, -0.2) is 85.3 Å². The molecule has 0 saturated carbocycles. The zero-order chi connectivity index (χ0) is 22.9. The van der Waals surface area contributed by atoms with E-state index in [4.69, 9.17) is 19.4 Å². The summed E-state index contributed by atoms with van der Waals surface area (Å²) in [4.78, 5) is 24.0. The molecule has 1 aromatic heterocycles. The molecule has 0 spiro atoms. The quantitative estimate of drug-likeness (QED) is 0.447. The van der Waals surface area contributed by atoms with Crippen LogP contribution >= 0.6 is 0 Å². The molecule has 176 valence electrons. The number of carbonyl (C=O) groups is 2. The molecule has 1 aromatic carbocycles. The van der Waals surface area contributed by atoms with E-state index >= 15 is 0 Å². The van der Waals surface area contributed by atoms with Gasteiger partial charge in [0.25, 0.3) is 12.4 Å². The van der Waals surface area contributed by atoms with E-state index in [2.05, 4.69) is 33.5 Å².